The average molecular weight is 400 g/mol. The Bertz CT molecular complexity index is 862. The number of carbonyl (C=O) groups is 1. The topological polar surface area (TPSA) is 44.8 Å². The highest BCUT2D eigenvalue weighted by Crippen LogP contribution is 2.40. The Kier molecular flexibility index (Phi) is 6.91. The molecule has 5 heteroatoms. The molecule has 0 aromatic heterocycles. The summed E-state index contributed by atoms with van der Waals surface area (Å²) in [4.78, 5) is 11.4. The molecule has 0 N–H and O–H groups in total. The number of hydrogen-bond donors (Lipinski definition) is 0. The standard InChI is InChI=1S/C24H29FO4/c1-15(2)29-20-6-7-23(25)22(13-20)17-5-8-24(18(11-17)9-10-27-4)28-14-19-12-21(19)16(3)26/h5-8,11,13,15,19,21H,9-10,12,14H2,1-4H3. The molecule has 1 saturated carbocycles. The van der Waals surface area contributed by atoms with Gasteiger partial charge < -0.3 is 14.2 Å². The van der Waals surface area contributed by atoms with Crippen LogP contribution in [-0.2, 0) is 16.0 Å². The van der Waals surface area contributed by atoms with Gasteiger partial charge in [0.2, 0.25) is 0 Å². The van der Waals surface area contributed by atoms with Crippen LogP contribution in [0.4, 0.5) is 4.39 Å². The van der Waals surface area contributed by atoms with Gasteiger partial charge in [-0.05, 0) is 75.1 Å². The van der Waals surface area contributed by atoms with Crippen molar-refractivity contribution in [2.24, 2.45) is 11.8 Å². The SMILES string of the molecule is COCCc1cc(-c2cc(OC(C)C)ccc2F)ccc1OCC1CC1C(C)=O. The van der Waals surface area contributed by atoms with Gasteiger partial charge in [0.1, 0.15) is 23.1 Å². The van der Waals surface area contributed by atoms with Crippen LogP contribution >= 0.6 is 0 Å². The van der Waals surface area contributed by atoms with Crippen LogP contribution in [0.5, 0.6) is 11.5 Å². The van der Waals surface area contributed by atoms with Crippen molar-refractivity contribution in [3.05, 3.63) is 47.8 Å². The number of halogens is 1. The Hall–Kier alpha value is -2.40. The van der Waals surface area contributed by atoms with E-state index >= 15 is 0 Å². The Balaban J connectivity index is 1.82. The Morgan fingerprint density at radius 3 is 2.66 bits per heavy atom. The van der Waals surface area contributed by atoms with Crippen LogP contribution in [-0.4, -0.2) is 32.2 Å². The molecule has 0 bridgehead atoms. The molecule has 1 aliphatic rings. The summed E-state index contributed by atoms with van der Waals surface area (Å²) in [6, 6.07) is 10.5. The van der Waals surface area contributed by atoms with Gasteiger partial charge in [0.15, 0.2) is 0 Å². The van der Waals surface area contributed by atoms with Crippen LogP contribution in [0.25, 0.3) is 11.1 Å². The number of ether oxygens (including phenoxy) is 3. The number of benzene rings is 2. The highest BCUT2D eigenvalue weighted by atomic mass is 19.1. The highest BCUT2D eigenvalue weighted by molar-refractivity contribution is 5.81. The summed E-state index contributed by atoms with van der Waals surface area (Å²) < 4.78 is 31.5. The molecule has 0 saturated heterocycles. The van der Waals surface area contributed by atoms with Gasteiger partial charge in [0.05, 0.1) is 19.3 Å². The lowest BCUT2D eigenvalue weighted by atomic mass is 10.00. The van der Waals surface area contributed by atoms with E-state index in [1.165, 1.54) is 6.07 Å². The van der Waals surface area contributed by atoms with E-state index in [-0.39, 0.29) is 23.6 Å². The van der Waals surface area contributed by atoms with Gasteiger partial charge >= 0.3 is 0 Å². The predicted octanol–water partition coefficient (Wildman–Crippen LogP) is 5.07. The zero-order valence-corrected chi connectivity index (χ0v) is 17.5. The first-order valence-corrected chi connectivity index (χ1v) is 10.1. The molecule has 0 aliphatic heterocycles. The molecule has 0 heterocycles. The van der Waals surface area contributed by atoms with Crippen molar-refractivity contribution in [3.63, 3.8) is 0 Å². The summed E-state index contributed by atoms with van der Waals surface area (Å²) in [5.74, 6) is 1.76. The number of carbonyl (C=O) groups excluding carboxylic acids is 1. The van der Waals surface area contributed by atoms with Crippen molar-refractivity contribution in [1.82, 2.24) is 0 Å². The number of hydrogen-bond acceptors (Lipinski definition) is 4. The van der Waals surface area contributed by atoms with E-state index in [2.05, 4.69) is 0 Å². The van der Waals surface area contributed by atoms with Gasteiger partial charge in [-0.1, -0.05) is 6.07 Å². The van der Waals surface area contributed by atoms with Crippen LogP contribution in [0.1, 0.15) is 32.8 Å². The minimum Gasteiger partial charge on any atom is -0.493 e. The molecule has 2 aromatic carbocycles. The molecule has 29 heavy (non-hydrogen) atoms. The molecule has 3 rings (SSSR count). The fraction of sp³-hybridized carbons (Fsp3) is 0.458. The summed E-state index contributed by atoms with van der Waals surface area (Å²) in [7, 11) is 1.65. The summed E-state index contributed by atoms with van der Waals surface area (Å²) in [6.07, 6.45) is 1.57. The first kappa shape index (κ1) is 21.3. The second-order valence-corrected chi connectivity index (χ2v) is 7.90. The minimum atomic E-state index is -0.297. The van der Waals surface area contributed by atoms with Crippen LogP contribution in [0.3, 0.4) is 0 Å². The van der Waals surface area contributed by atoms with E-state index in [0.717, 1.165) is 23.3 Å². The van der Waals surface area contributed by atoms with Crippen molar-refractivity contribution < 1.29 is 23.4 Å². The van der Waals surface area contributed by atoms with Crippen molar-refractivity contribution in [3.8, 4) is 22.6 Å². The highest BCUT2D eigenvalue weighted by Gasteiger charge is 2.41. The molecule has 2 unspecified atom stereocenters. The maximum atomic E-state index is 14.5. The molecule has 1 fully saturated rings. The monoisotopic (exact) mass is 400 g/mol. The zero-order valence-electron chi connectivity index (χ0n) is 17.5. The minimum absolute atomic E-state index is 0.0163. The molecule has 156 valence electrons. The lowest BCUT2D eigenvalue weighted by Gasteiger charge is -2.15. The van der Waals surface area contributed by atoms with Gasteiger partial charge in [-0.3, -0.25) is 4.79 Å². The fourth-order valence-electron chi connectivity index (χ4n) is 3.49. The first-order chi connectivity index (χ1) is 13.9. The third-order valence-electron chi connectivity index (χ3n) is 5.15. The van der Waals surface area contributed by atoms with E-state index in [4.69, 9.17) is 14.2 Å². The lowest BCUT2D eigenvalue weighted by molar-refractivity contribution is -0.118. The summed E-state index contributed by atoms with van der Waals surface area (Å²) in [5, 5.41) is 0. The molecule has 0 spiro atoms. The van der Waals surface area contributed by atoms with E-state index in [1.807, 2.05) is 32.0 Å². The van der Waals surface area contributed by atoms with E-state index in [1.54, 1.807) is 26.2 Å². The van der Waals surface area contributed by atoms with E-state index in [0.29, 0.717) is 36.9 Å². The van der Waals surface area contributed by atoms with Gasteiger partial charge in [0.25, 0.3) is 0 Å². The molecule has 0 radical (unpaired) electrons. The number of rotatable bonds is 10. The van der Waals surface area contributed by atoms with Crippen LogP contribution in [0.15, 0.2) is 36.4 Å². The third kappa shape index (κ3) is 5.57. The number of methoxy groups -OCH3 is 1. The first-order valence-electron chi connectivity index (χ1n) is 10.1. The summed E-state index contributed by atoms with van der Waals surface area (Å²) >= 11 is 0. The zero-order chi connectivity index (χ0) is 21.0. The van der Waals surface area contributed by atoms with E-state index in [9.17, 15) is 9.18 Å². The molecule has 4 nitrogen and oxygen atoms in total. The number of ketones is 1. The Morgan fingerprint density at radius 1 is 1.21 bits per heavy atom. The van der Waals surface area contributed by atoms with Gasteiger partial charge in [-0.25, -0.2) is 4.39 Å². The smallest absolute Gasteiger partial charge is 0.133 e. The summed E-state index contributed by atoms with van der Waals surface area (Å²) in [6.45, 7) is 6.58. The molecular formula is C24H29FO4. The van der Waals surface area contributed by atoms with Gasteiger partial charge in [-0.15, -0.1) is 0 Å². The second kappa shape index (κ2) is 9.40. The van der Waals surface area contributed by atoms with Crippen LogP contribution in [0, 0.1) is 17.7 Å². The third-order valence-corrected chi connectivity index (χ3v) is 5.15. The van der Waals surface area contributed by atoms with Crippen molar-refractivity contribution in [1.29, 1.82) is 0 Å². The number of Topliss-reactive ketones (excluding diaryl/α,β-unsaturated/α-hetero) is 1. The molecular weight excluding hydrogens is 371 g/mol. The van der Waals surface area contributed by atoms with Crippen LogP contribution in [0.2, 0.25) is 0 Å². The van der Waals surface area contributed by atoms with Gasteiger partial charge in [-0.2, -0.15) is 0 Å². The maximum Gasteiger partial charge on any atom is 0.133 e. The maximum absolute atomic E-state index is 14.5. The second-order valence-electron chi connectivity index (χ2n) is 7.90. The normalized spacial score (nSPS) is 18.0. The molecule has 1 aliphatic carbocycles. The Labute approximate surface area is 172 Å². The lowest BCUT2D eigenvalue weighted by Crippen LogP contribution is -2.07. The fourth-order valence-corrected chi connectivity index (χ4v) is 3.49. The molecule has 0 amide bonds. The van der Waals surface area contributed by atoms with Crippen LogP contribution < -0.4 is 9.47 Å². The van der Waals surface area contributed by atoms with Crippen molar-refractivity contribution >= 4 is 5.78 Å². The quantitative estimate of drug-likeness (QED) is 0.558. The Morgan fingerprint density at radius 2 is 2.00 bits per heavy atom. The van der Waals surface area contributed by atoms with Crippen molar-refractivity contribution in [2.45, 2.75) is 39.7 Å². The molecule has 2 atom stereocenters. The average Bonchev–Trinajstić information content (AvgIpc) is 3.46. The molecule has 2 aromatic rings. The van der Waals surface area contributed by atoms with Crippen molar-refractivity contribution in [2.75, 3.05) is 20.3 Å². The predicted molar refractivity (Wildman–Crippen MR) is 111 cm³/mol. The summed E-state index contributed by atoms with van der Waals surface area (Å²) in [5.41, 5.74) is 2.22. The van der Waals surface area contributed by atoms with E-state index < -0.39 is 0 Å². The van der Waals surface area contributed by atoms with Gasteiger partial charge in [0, 0.05) is 24.5 Å². The largest absolute Gasteiger partial charge is 0.493 e.